The maximum absolute atomic E-state index is 12.3. The van der Waals surface area contributed by atoms with Gasteiger partial charge in [0.2, 0.25) is 11.8 Å². The van der Waals surface area contributed by atoms with Gasteiger partial charge in [-0.05, 0) is 23.3 Å². The molecule has 0 bridgehead atoms. The third-order valence-corrected chi connectivity index (χ3v) is 4.25. The van der Waals surface area contributed by atoms with Crippen LogP contribution in [0.5, 0.6) is 0 Å². The molecule has 1 aliphatic rings. The van der Waals surface area contributed by atoms with Crippen molar-refractivity contribution in [1.82, 2.24) is 10.2 Å². The molecule has 2 aromatic rings. The number of hydrogen-bond acceptors (Lipinski definition) is 3. The fourth-order valence-electron chi connectivity index (χ4n) is 2.95. The number of carbonyl (C=O) groups is 2. The Morgan fingerprint density at radius 1 is 1.12 bits per heavy atom. The molecule has 1 heterocycles. The molecule has 24 heavy (non-hydrogen) atoms. The lowest BCUT2D eigenvalue weighted by Gasteiger charge is -2.29. The highest BCUT2D eigenvalue weighted by Crippen LogP contribution is 2.16. The van der Waals surface area contributed by atoms with E-state index in [1.807, 2.05) is 42.5 Å². The predicted octanol–water partition coefficient (Wildman–Crippen LogP) is 1.75. The summed E-state index contributed by atoms with van der Waals surface area (Å²) in [6.07, 6.45) is 0.269. The molecule has 1 fully saturated rings. The van der Waals surface area contributed by atoms with Crippen molar-refractivity contribution < 1.29 is 14.3 Å². The number of benzene rings is 2. The first-order valence-corrected chi connectivity index (χ1v) is 8.27. The van der Waals surface area contributed by atoms with Crippen molar-refractivity contribution >= 4 is 22.6 Å². The van der Waals surface area contributed by atoms with Crippen molar-refractivity contribution in [2.45, 2.75) is 19.4 Å². The molecule has 5 heteroatoms. The van der Waals surface area contributed by atoms with Crippen LogP contribution in [0.4, 0.5) is 0 Å². The molecule has 0 saturated carbocycles. The molecule has 1 atom stereocenters. The van der Waals surface area contributed by atoms with Gasteiger partial charge in [0, 0.05) is 13.1 Å². The van der Waals surface area contributed by atoms with Gasteiger partial charge in [0.1, 0.15) is 6.04 Å². The molecule has 2 aromatic carbocycles. The van der Waals surface area contributed by atoms with E-state index < -0.39 is 6.04 Å². The quantitative estimate of drug-likeness (QED) is 0.931. The van der Waals surface area contributed by atoms with Gasteiger partial charge in [0.05, 0.1) is 19.6 Å². The molecule has 1 saturated heterocycles. The van der Waals surface area contributed by atoms with Crippen LogP contribution in [0, 0.1) is 0 Å². The third kappa shape index (κ3) is 3.92. The van der Waals surface area contributed by atoms with Gasteiger partial charge in [-0.2, -0.15) is 0 Å². The zero-order chi connectivity index (χ0) is 16.9. The summed E-state index contributed by atoms with van der Waals surface area (Å²) in [7, 11) is 0. The Bertz CT molecular complexity index is 738. The first-order chi connectivity index (χ1) is 11.6. The molecule has 0 aromatic heterocycles. The second-order valence-corrected chi connectivity index (χ2v) is 6.09. The molecular weight excluding hydrogens is 304 g/mol. The molecule has 126 valence electrons. The maximum Gasteiger partial charge on any atom is 0.245 e. The monoisotopic (exact) mass is 326 g/mol. The number of fused-ring (bicyclic) bond motifs is 1. The van der Waals surface area contributed by atoms with Gasteiger partial charge in [-0.3, -0.25) is 9.59 Å². The summed E-state index contributed by atoms with van der Waals surface area (Å²) in [6, 6.07) is 13.5. The molecule has 5 nitrogen and oxygen atoms in total. The van der Waals surface area contributed by atoms with Crippen molar-refractivity contribution in [1.29, 1.82) is 0 Å². The molecule has 1 N–H and O–H groups in total. The Hall–Kier alpha value is -2.40. The molecule has 0 aliphatic carbocycles. The summed E-state index contributed by atoms with van der Waals surface area (Å²) in [5, 5.41) is 5.06. The van der Waals surface area contributed by atoms with Crippen LogP contribution in [-0.4, -0.2) is 49.1 Å². The largest absolute Gasteiger partial charge is 0.378 e. The zero-order valence-corrected chi connectivity index (χ0v) is 13.8. The maximum atomic E-state index is 12.3. The number of nitrogens with zero attached hydrogens (tertiary/aromatic N) is 1. The van der Waals surface area contributed by atoms with Crippen molar-refractivity contribution in [2.75, 3.05) is 26.3 Å². The predicted molar refractivity (Wildman–Crippen MR) is 92.7 cm³/mol. The van der Waals surface area contributed by atoms with E-state index in [0.717, 1.165) is 16.3 Å². The Morgan fingerprint density at radius 2 is 1.83 bits per heavy atom. The summed E-state index contributed by atoms with van der Waals surface area (Å²) in [5.41, 5.74) is 0.942. The van der Waals surface area contributed by atoms with E-state index in [9.17, 15) is 9.59 Å². The van der Waals surface area contributed by atoms with Crippen LogP contribution in [0.15, 0.2) is 42.5 Å². The first-order valence-electron chi connectivity index (χ1n) is 8.27. The highest BCUT2D eigenvalue weighted by Gasteiger charge is 2.23. The smallest absolute Gasteiger partial charge is 0.245 e. The molecular formula is C19H22N2O3. The number of ether oxygens (including phenoxy) is 1. The van der Waals surface area contributed by atoms with Crippen molar-refractivity contribution in [3.05, 3.63) is 48.0 Å². The Morgan fingerprint density at radius 3 is 2.58 bits per heavy atom. The molecule has 0 radical (unpaired) electrons. The van der Waals surface area contributed by atoms with Crippen LogP contribution in [0.25, 0.3) is 10.8 Å². The Labute approximate surface area is 141 Å². The lowest BCUT2D eigenvalue weighted by Crippen LogP contribution is -2.50. The molecule has 0 spiro atoms. The zero-order valence-electron chi connectivity index (χ0n) is 13.8. The molecule has 2 amide bonds. The SMILES string of the molecule is C[C@@H](NC(=O)Cc1ccc2ccccc2c1)C(=O)N1CCOCC1. The lowest BCUT2D eigenvalue weighted by molar-refractivity contribution is -0.139. The van der Waals surface area contributed by atoms with Gasteiger partial charge >= 0.3 is 0 Å². The van der Waals surface area contributed by atoms with E-state index >= 15 is 0 Å². The second kappa shape index (κ2) is 7.45. The number of carbonyl (C=O) groups excluding carboxylic acids is 2. The Kier molecular flexibility index (Phi) is 5.11. The third-order valence-electron chi connectivity index (χ3n) is 4.25. The topological polar surface area (TPSA) is 58.6 Å². The van der Waals surface area contributed by atoms with Crippen LogP contribution in [0.1, 0.15) is 12.5 Å². The van der Waals surface area contributed by atoms with E-state index in [2.05, 4.69) is 5.32 Å². The highest BCUT2D eigenvalue weighted by atomic mass is 16.5. The van der Waals surface area contributed by atoms with Gasteiger partial charge < -0.3 is 15.0 Å². The summed E-state index contributed by atoms with van der Waals surface area (Å²) in [5.74, 6) is -0.190. The van der Waals surface area contributed by atoms with Crippen molar-refractivity contribution in [2.24, 2.45) is 0 Å². The van der Waals surface area contributed by atoms with Crippen LogP contribution in [-0.2, 0) is 20.7 Å². The minimum absolute atomic E-state index is 0.0508. The van der Waals surface area contributed by atoms with Crippen LogP contribution < -0.4 is 5.32 Å². The molecule has 0 unspecified atom stereocenters. The second-order valence-electron chi connectivity index (χ2n) is 6.09. The van der Waals surface area contributed by atoms with Crippen LogP contribution in [0.3, 0.4) is 0 Å². The van der Waals surface area contributed by atoms with Gasteiger partial charge in [-0.15, -0.1) is 0 Å². The molecule has 3 rings (SSSR count). The van der Waals surface area contributed by atoms with Gasteiger partial charge in [0.25, 0.3) is 0 Å². The Balaban J connectivity index is 1.58. The summed E-state index contributed by atoms with van der Waals surface area (Å²) in [4.78, 5) is 26.3. The summed E-state index contributed by atoms with van der Waals surface area (Å²) < 4.78 is 5.24. The van der Waals surface area contributed by atoms with E-state index in [1.54, 1.807) is 11.8 Å². The fraction of sp³-hybridized carbons (Fsp3) is 0.368. The molecule has 1 aliphatic heterocycles. The summed E-state index contributed by atoms with van der Waals surface area (Å²) in [6.45, 7) is 4.02. The van der Waals surface area contributed by atoms with E-state index in [4.69, 9.17) is 4.74 Å². The van der Waals surface area contributed by atoms with Gasteiger partial charge in [-0.25, -0.2) is 0 Å². The first kappa shape index (κ1) is 16.5. The number of rotatable bonds is 4. The normalized spacial score (nSPS) is 16.0. The number of hydrogen-bond donors (Lipinski definition) is 1. The van der Waals surface area contributed by atoms with Crippen molar-refractivity contribution in [3.8, 4) is 0 Å². The van der Waals surface area contributed by atoms with Crippen LogP contribution >= 0.6 is 0 Å². The highest BCUT2D eigenvalue weighted by molar-refractivity contribution is 5.89. The van der Waals surface area contributed by atoms with E-state index in [0.29, 0.717) is 26.3 Å². The lowest BCUT2D eigenvalue weighted by atomic mass is 10.0. The average molecular weight is 326 g/mol. The minimum atomic E-state index is -0.518. The van der Waals surface area contributed by atoms with Gasteiger partial charge in [-0.1, -0.05) is 42.5 Å². The van der Waals surface area contributed by atoms with E-state index in [1.165, 1.54) is 0 Å². The van der Waals surface area contributed by atoms with Crippen molar-refractivity contribution in [3.63, 3.8) is 0 Å². The van der Waals surface area contributed by atoms with E-state index in [-0.39, 0.29) is 18.2 Å². The summed E-state index contributed by atoms with van der Waals surface area (Å²) >= 11 is 0. The fourth-order valence-corrected chi connectivity index (χ4v) is 2.95. The standard InChI is InChI=1S/C19H22N2O3/c1-14(19(23)21-8-10-24-11-9-21)20-18(22)13-15-6-7-16-4-2-3-5-17(16)12-15/h2-7,12,14H,8-11,13H2,1H3,(H,20,22)/t14-/m1/s1. The van der Waals surface area contributed by atoms with Crippen LogP contribution in [0.2, 0.25) is 0 Å². The number of morpholine rings is 1. The minimum Gasteiger partial charge on any atom is -0.378 e. The number of nitrogens with one attached hydrogen (secondary N) is 1. The average Bonchev–Trinajstić information content (AvgIpc) is 2.61. The number of amides is 2. The van der Waals surface area contributed by atoms with Gasteiger partial charge in [0.15, 0.2) is 0 Å².